The van der Waals surface area contributed by atoms with E-state index in [2.05, 4.69) is 16.4 Å². The number of hydrogen-bond donors (Lipinski definition) is 2. The maximum atomic E-state index is 11.3. The molecule has 0 unspecified atom stereocenters. The van der Waals surface area contributed by atoms with Crippen molar-refractivity contribution in [3.8, 4) is 0 Å². The molecule has 1 aromatic heterocycles. The summed E-state index contributed by atoms with van der Waals surface area (Å²) in [5.74, 6) is 0.0395. The molecule has 0 saturated heterocycles. The number of carbonyl (C=O) groups excluding carboxylic acids is 1. The Labute approximate surface area is 95.3 Å². The number of nitrogens with one attached hydrogen (secondary N) is 1. The van der Waals surface area contributed by atoms with Crippen LogP contribution in [-0.4, -0.2) is 24.0 Å². The van der Waals surface area contributed by atoms with Gasteiger partial charge in [0.1, 0.15) is 0 Å². The van der Waals surface area contributed by atoms with Gasteiger partial charge in [-0.05, 0) is 24.5 Å². The van der Waals surface area contributed by atoms with Crippen molar-refractivity contribution in [3.05, 3.63) is 30.1 Å². The van der Waals surface area contributed by atoms with E-state index in [0.717, 1.165) is 12.8 Å². The van der Waals surface area contributed by atoms with Crippen LogP contribution in [0.2, 0.25) is 0 Å². The average Bonchev–Trinajstić information content (AvgIpc) is 3.09. The molecule has 4 nitrogen and oxygen atoms in total. The van der Waals surface area contributed by atoms with E-state index in [1.54, 1.807) is 6.20 Å². The third kappa shape index (κ3) is 2.39. The first kappa shape index (κ1) is 11.1. The number of hydrogen-bond acceptors (Lipinski definition) is 3. The first-order chi connectivity index (χ1) is 7.77. The van der Waals surface area contributed by atoms with Crippen LogP contribution in [0.1, 0.15) is 24.8 Å². The van der Waals surface area contributed by atoms with Crippen molar-refractivity contribution in [3.63, 3.8) is 0 Å². The van der Waals surface area contributed by atoms with E-state index in [1.165, 1.54) is 5.56 Å². The monoisotopic (exact) mass is 219 g/mol. The largest absolute Gasteiger partial charge is 0.355 e. The fourth-order valence-electron chi connectivity index (χ4n) is 1.88. The van der Waals surface area contributed by atoms with Gasteiger partial charge in [-0.25, -0.2) is 0 Å². The molecule has 2 rings (SSSR count). The normalized spacial score (nSPS) is 16.8. The predicted octanol–water partition coefficient (Wildman–Crippen LogP) is 0.578. The summed E-state index contributed by atoms with van der Waals surface area (Å²) >= 11 is 0. The van der Waals surface area contributed by atoms with E-state index in [0.29, 0.717) is 19.5 Å². The van der Waals surface area contributed by atoms with Gasteiger partial charge in [0.05, 0.1) is 0 Å². The number of nitrogens with two attached hydrogens (primary N) is 1. The highest BCUT2D eigenvalue weighted by Gasteiger charge is 2.44. The van der Waals surface area contributed by atoms with Crippen molar-refractivity contribution in [2.75, 3.05) is 13.1 Å². The number of nitrogens with zero attached hydrogens (tertiary/aromatic N) is 1. The van der Waals surface area contributed by atoms with Gasteiger partial charge in [-0.1, -0.05) is 6.07 Å². The Morgan fingerprint density at radius 1 is 1.56 bits per heavy atom. The molecule has 16 heavy (non-hydrogen) atoms. The molecule has 0 bridgehead atoms. The molecular formula is C12H17N3O. The molecule has 0 aromatic carbocycles. The Kier molecular flexibility index (Phi) is 3.19. The molecule has 0 atom stereocenters. The SMILES string of the molecule is NCCC(=O)NCC1(c2cccnc2)CC1. The Bertz CT molecular complexity index is 360. The van der Waals surface area contributed by atoms with E-state index in [1.807, 2.05) is 12.3 Å². The summed E-state index contributed by atoms with van der Waals surface area (Å²) in [5, 5.41) is 2.94. The zero-order valence-electron chi connectivity index (χ0n) is 9.28. The topological polar surface area (TPSA) is 68.0 Å². The van der Waals surface area contributed by atoms with Crippen LogP contribution in [0.15, 0.2) is 24.5 Å². The van der Waals surface area contributed by atoms with Crippen LogP contribution < -0.4 is 11.1 Å². The Balaban J connectivity index is 1.92. The van der Waals surface area contributed by atoms with Crippen LogP contribution in [-0.2, 0) is 10.2 Å². The van der Waals surface area contributed by atoms with Gasteiger partial charge in [0.2, 0.25) is 5.91 Å². The summed E-state index contributed by atoms with van der Waals surface area (Å²) < 4.78 is 0. The van der Waals surface area contributed by atoms with Gasteiger partial charge in [-0.15, -0.1) is 0 Å². The molecule has 0 aliphatic heterocycles. The lowest BCUT2D eigenvalue weighted by atomic mass is 9.98. The molecule has 86 valence electrons. The zero-order valence-corrected chi connectivity index (χ0v) is 9.28. The van der Waals surface area contributed by atoms with Gasteiger partial charge >= 0.3 is 0 Å². The minimum Gasteiger partial charge on any atom is -0.355 e. The standard InChI is InChI=1S/C12H17N3O/c13-6-3-11(16)15-9-12(4-5-12)10-2-1-7-14-8-10/h1-2,7-8H,3-6,9,13H2,(H,15,16). The first-order valence-corrected chi connectivity index (χ1v) is 5.64. The fraction of sp³-hybridized carbons (Fsp3) is 0.500. The summed E-state index contributed by atoms with van der Waals surface area (Å²) in [6.07, 6.45) is 6.32. The van der Waals surface area contributed by atoms with Crippen LogP contribution in [0.3, 0.4) is 0 Å². The number of pyridine rings is 1. The molecule has 4 heteroatoms. The molecule has 1 saturated carbocycles. The van der Waals surface area contributed by atoms with Crippen LogP contribution in [0.4, 0.5) is 0 Å². The van der Waals surface area contributed by atoms with E-state index in [9.17, 15) is 4.79 Å². The highest BCUT2D eigenvalue weighted by atomic mass is 16.1. The second kappa shape index (κ2) is 4.61. The quantitative estimate of drug-likeness (QED) is 0.761. The van der Waals surface area contributed by atoms with Crippen LogP contribution in [0.5, 0.6) is 0 Å². The number of amides is 1. The van der Waals surface area contributed by atoms with E-state index < -0.39 is 0 Å². The van der Waals surface area contributed by atoms with Crippen molar-refractivity contribution in [1.29, 1.82) is 0 Å². The van der Waals surface area contributed by atoms with Gasteiger partial charge < -0.3 is 11.1 Å². The van der Waals surface area contributed by atoms with E-state index in [-0.39, 0.29) is 11.3 Å². The van der Waals surface area contributed by atoms with Crippen molar-refractivity contribution in [2.24, 2.45) is 5.73 Å². The van der Waals surface area contributed by atoms with E-state index in [4.69, 9.17) is 5.73 Å². The maximum Gasteiger partial charge on any atom is 0.221 e. The molecular weight excluding hydrogens is 202 g/mol. The van der Waals surface area contributed by atoms with Gasteiger partial charge in [0.15, 0.2) is 0 Å². The third-order valence-electron chi connectivity index (χ3n) is 3.12. The predicted molar refractivity (Wildman–Crippen MR) is 61.8 cm³/mol. The smallest absolute Gasteiger partial charge is 0.221 e. The van der Waals surface area contributed by atoms with Crippen molar-refractivity contribution in [2.45, 2.75) is 24.7 Å². The molecule has 0 radical (unpaired) electrons. The fourth-order valence-corrected chi connectivity index (χ4v) is 1.88. The molecule has 1 heterocycles. The van der Waals surface area contributed by atoms with Gasteiger partial charge in [0.25, 0.3) is 0 Å². The van der Waals surface area contributed by atoms with Crippen molar-refractivity contribution < 1.29 is 4.79 Å². The second-order valence-corrected chi connectivity index (χ2v) is 4.34. The summed E-state index contributed by atoms with van der Waals surface area (Å²) in [7, 11) is 0. The number of aromatic nitrogens is 1. The lowest BCUT2D eigenvalue weighted by Gasteiger charge is -2.15. The van der Waals surface area contributed by atoms with Gasteiger partial charge in [-0.2, -0.15) is 0 Å². The highest BCUT2D eigenvalue weighted by molar-refractivity contribution is 5.76. The Morgan fingerprint density at radius 2 is 2.38 bits per heavy atom. The van der Waals surface area contributed by atoms with Crippen molar-refractivity contribution >= 4 is 5.91 Å². The molecule has 0 spiro atoms. The molecule has 1 aliphatic rings. The number of carbonyl (C=O) groups is 1. The average molecular weight is 219 g/mol. The highest BCUT2D eigenvalue weighted by Crippen LogP contribution is 2.47. The van der Waals surface area contributed by atoms with Crippen LogP contribution >= 0.6 is 0 Å². The van der Waals surface area contributed by atoms with Crippen LogP contribution in [0, 0.1) is 0 Å². The summed E-state index contributed by atoms with van der Waals surface area (Å²) in [6, 6.07) is 4.02. The molecule has 1 aromatic rings. The van der Waals surface area contributed by atoms with E-state index >= 15 is 0 Å². The number of rotatable bonds is 5. The minimum absolute atomic E-state index is 0.0395. The molecule has 3 N–H and O–H groups in total. The lowest BCUT2D eigenvalue weighted by Crippen LogP contribution is -2.33. The second-order valence-electron chi connectivity index (χ2n) is 4.34. The van der Waals surface area contributed by atoms with Gasteiger partial charge in [-0.3, -0.25) is 9.78 Å². The van der Waals surface area contributed by atoms with Crippen LogP contribution in [0.25, 0.3) is 0 Å². The summed E-state index contributed by atoms with van der Waals surface area (Å²) in [4.78, 5) is 15.5. The first-order valence-electron chi connectivity index (χ1n) is 5.64. The zero-order chi connectivity index (χ0) is 11.4. The third-order valence-corrected chi connectivity index (χ3v) is 3.12. The molecule has 1 amide bonds. The minimum atomic E-state index is 0.0395. The lowest BCUT2D eigenvalue weighted by molar-refractivity contribution is -0.121. The maximum absolute atomic E-state index is 11.3. The molecule has 1 aliphatic carbocycles. The Hall–Kier alpha value is -1.42. The summed E-state index contributed by atoms with van der Waals surface area (Å²) in [5.41, 5.74) is 6.69. The van der Waals surface area contributed by atoms with Crippen molar-refractivity contribution in [1.82, 2.24) is 10.3 Å². The molecule has 1 fully saturated rings. The summed E-state index contributed by atoms with van der Waals surface area (Å²) in [6.45, 7) is 1.11. The Morgan fingerprint density at radius 3 is 2.94 bits per heavy atom. The van der Waals surface area contributed by atoms with Gasteiger partial charge in [0, 0.05) is 37.3 Å².